The third kappa shape index (κ3) is 6.60. The number of nitrogens with one attached hydrogen (secondary N) is 1. The summed E-state index contributed by atoms with van der Waals surface area (Å²) in [5, 5.41) is 2.76. The quantitative estimate of drug-likeness (QED) is 0.528. The van der Waals surface area contributed by atoms with Crippen LogP contribution in [0, 0.1) is 0 Å². The normalized spacial score (nSPS) is 11.3. The van der Waals surface area contributed by atoms with Crippen LogP contribution in [0.4, 0.5) is 0 Å². The summed E-state index contributed by atoms with van der Waals surface area (Å²) in [6.07, 6.45) is -0.917. The number of hydrogen-bond acceptors (Lipinski definition) is 5. The number of esters is 1. The minimum atomic E-state index is -0.917. The highest BCUT2D eigenvalue weighted by molar-refractivity contribution is 5.92. The van der Waals surface area contributed by atoms with Gasteiger partial charge in [-0.15, -0.1) is 0 Å². The molecule has 31 heavy (non-hydrogen) atoms. The molecule has 0 aliphatic rings. The lowest BCUT2D eigenvalue weighted by atomic mass is 10.2. The molecule has 0 aliphatic heterocycles. The first kappa shape index (κ1) is 21.9. The van der Waals surface area contributed by atoms with Crippen molar-refractivity contribution in [2.24, 2.45) is 0 Å². The number of carbonyl (C=O) groups is 2. The highest BCUT2D eigenvalue weighted by atomic mass is 16.5. The number of amides is 1. The second kappa shape index (κ2) is 10.8. The van der Waals surface area contributed by atoms with E-state index in [-0.39, 0.29) is 5.91 Å². The molecule has 1 N–H and O–H groups in total. The van der Waals surface area contributed by atoms with Gasteiger partial charge in [0.25, 0.3) is 5.91 Å². The van der Waals surface area contributed by atoms with Gasteiger partial charge in [-0.05, 0) is 54.4 Å². The highest BCUT2D eigenvalue weighted by Gasteiger charge is 2.18. The van der Waals surface area contributed by atoms with Crippen LogP contribution in [0.5, 0.6) is 11.5 Å². The van der Waals surface area contributed by atoms with Crippen LogP contribution in [0.15, 0.2) is 78.9 Å². The van der Waals surface area contributed by atoms with Gasteiger partial charge in [0.2, 0.25) is 0 Å². The average Bonchev–Trinajstić information content (AvgIpc) is 2.82. The van der Waals surface area contributed by atoms with Crippen LogP contribution < -0.4 is 14.8 Å². The summed E-state index contributed by atoms with van der Waals surface area (Å²) in [7, 11) is 1.60. The first-order valence-corrected chi connectivity index (χ1v) is 9.93. The van der Waals surface area contributed by atoms with Crippen LogP contribution in [0.3, 0.4) is 0 Å². The van der Waals surface area contributed by atoms with Crippen molar-refractivity contribution in [1.29, 1.82) is 0 Å². The van der Waals surface area contributed by atoms with Gasteiger partial charge in [-0.1, -0.05) is 42.5 Å². The molecule has 3 aromatic carbocycles. The Balaban J connectivity index is 1.46. The fraction of sp³-hybridized carbons (Fsp3) is 0.200. The number of benzene rings is 3. The van der Waals surface area contributed by atoms with E-state index in [0.29, 0.717) is 24.5 Å². The number of ether oxygens (including phenoxy) is 3. The van der Waals surface area contributed by atoms with Gasteiger partial charge in [0.05, 0.1) is 12.7 Å². The SMILES string of the molecule is COc1ccc(CNC(=O)[C@H](C)OC(=O)c2ccc(OCc3ccccc3)cc2)cc1. The molecule has 3 aromatic rings. The Bertz CT molecular complexity index is 985. The van der Waals surface area contributed by atoms with Crippen molar-refractivity contribution in [2.45, 2.75) is 26.2 Å². The molecule has 0 aromatic heterocycles. The van der Waals surface area contributed by atoms with Gasteiger partial charge in [0.15, 0.2) is 6.10 Å². The van der Waals surface area contributed by atoms with E-state index in [9.17, 15) is 9.59 Å². The molecule has 3 rings (SSSR count). The van der Waals surface area contributed by atoms with Crippen LogP contribution in [0.1, 0.15) is 28.4 Å². The van der Waals surface area contributed by atoms with Crippen LogP contribution >= 0.6 is 0 Å². The maximum atomic E-state index is 12.3. The number of carbonyl (C=O) groups excluding carboxylic acids is 2. The molecule has 0 saturated carbocycles. The van der Waals surface area contributed by atoms with Crippen molar-refractivity contribution < 1.29 is 23.8 Å². The Morgan fingerprint density at radius 3 is 2.13 bits per heavy atom. The Morgan fingerprint density at radius 1 is 0.839 bits per heavy atom. The predicted octanol–water partition coefficient (Wildman–Crippen LogP) is 4.14. The van der Waals surface area contributed by atoms with Gasteiger partial charge in [0.1, 0.15) is 18.1 Å². The van der Waals surface area contributed by atoms with Crippen molar-refractivity contribution in [1.82, 2.24) is 5.32 Å². The van der Waals surface area contributed by atoms with Crippen molar-refractivity contribution in [3.63, 3.8) is 0 Å². The molecule has 6 nitrogen and oxygen atoms in total. The van der Waals surface area contributed by atoms with Crippen LogP contribution in [0.25, 0.3) is 0 Å². The van der Waals surface area contributed by atoms with Gasteiger partial charge in [-0.2, -0.15) is 0 Å². The molecule has 0 bridgehead atoms. The molecule has 160 valence electrons. The van der Waals surface area contributed by atoms with Gasteiger partial charge in [0, 0.05) is 6.54 Å². The summed E-state index contributed by atoms with van der Waals surface area (Å²) in [6.45, 7) is 2.31. The van der Waals surface area contributed by atoms with E-state index >= 15 is 0 Å². The van der Waals surface area contributed by atoms with Crippen molar-refractivity contribution in [3.05, 3.63) is 95.6 Å². The largest absolute Gasteiger partial charge is 0.497 e. The van der Waals surface area contributed by atoms with Gasteiger partial charge >= 0.3 is 5.97 Å². The molecule has 0 aliphatic carbocycles. The van der Waals surface area contributed by atoms with E-state index < -0.39 is 12.1 Å². The van der Waals surface area contributed by atoms with Crippen LogP contribution in [-0.4, -0.2) is 25.1 Å². The van der Waals surface area contributed by atoms with Crippen molar-refractivity contribution in [3.8, 4) is 11.5 Å². The van der Waals surface area contributed by atoms with Gasteiger partial charge in [-0.25, -0.2) is 4.79 Å². The molecular weight excluding hydrogens is 394 g/mol. The molecular formula is C25H25NO5. The lowest BCUT2D eigenvalue weighted by Gasteiger charge is -2.14. The first-order valence-electron chi connectivity index (χ1n) is 9.93. The maximum Gasteiger partial charge on any atom is 0.338 e. The molecule has 6 heteroatoms. The monoisotopic (exact) mass is 419 g/mol. The number of hydrogen-bond donors (Lipinski definition) is 1. The first-order chi connectivity index (χ1) is 15.0. The lowest BCUT2D eigenvalue weighted by molar-refractivity contribution is -0.129. The minimum Gasteiger partial charge on any atom is -0.497 e. The second-order valence-electron chi connectivity index (χ2n) is 6.91. The Labute approximate surface area is 181 Å². The summed E-state index contributed by atoms with van der Waals surface area (Å²) in [5.74, 6) is 0.452. The molecule has 0 spiro atoms. The summed E-state index contributed by atoms with van der Waals surface area (Å²) in [4.78, 5) is 24.6. The average molecular weight is 419 g/mol. The van der Waals surface area contributed by atoms with E-state index in [1.807, 2.05) is 54.6 Å². The van der Waals surface area contributed by atoms with E-state index in [4.69, 9.17) is 14.2 Å². The van der Waals surface area contributed by atoms with Crippen molar-refractivity contribution in [2.75, 3.05) is 7.11 Å². The minimum absolute atomic E-state index is 0.332. The fourth-order valence-corrected chi connectivity index (χ4v) is 2.79. The second-order valence-corrected chi connectivity index (χ2v) is 6.91. The third-order valence-corrected chi connectivity index (χ3v) is 4.62. The summed E-state index contributed by atoms with van der Waals surface area (Å²) in [6, 6.07) is 23.8. The summed E-state index contributed by atoms with van der Waals surface area (Å²) < 4.78 is 16.1. The maximum absolute atomic E-state index is 12.3. The van der Waals surface area contributed by atoms with E-state index in [2.05, 4.69) is 5.32 Å². The topological polar surface area (TPSA) is 73.9 Å². The summed E-state index contributed by atoms with van der Waals surface area (Å²) >= 11 is 0. The molecule has 1 amide bonds. The van der Waals surface area contributed by atoms with E-state index in [1.54, 1.807) is 38.3 Å². The van der Waals surface area contributed by atoms with Gasteiger partial charge < -0.3 is 19.5 Å². The highest BCUT2D eigenvalue weighted by Crippen LogP contribution is 2.16. The zero-order chi connectivity index (χ0) is 22.1. The van der Waals surface area contributed by atoms with Gasteiger partial charge in [-0.3, -0.25) is 4.79 Å². The van der Waals surface area contributed by atoms with E-state index in [0.717, 1.165) is 16.9 Å². The van der Waals surface area contributed by atoms with Crippen LogP contribution in [0.2, 0.25) is 0 Å². The fourth-order valence-electron chi connectivity index (χ4n) is 2.79. The van der Waals surface area contributed by atoms with Crippen LogP contribution in [-0.2, 0) is 22.7 Å². The molecule has 0 radical (unpaired) electrons. The van der Waals surface area contributed by atoms with E-state index in [1.165, 1.54) is 0 Å². The predicted molar refractivity (Wildman–Crippen MR) is 117 cm³/mol. The number of methoxy groups -OCH3 is 1. The van der Waals surface area contributed by atoms with Crippen molar-refractivity contribution >= 4 is 11.9 Å². The standard InChI is InChI=1S/C25H25NO5/c1-18(24(27)26-16-19-8-12-22(29-2)13-9-19)31-25(28)21-10-14-23(15-11-21)30-17-20-6-4-3-5-7-20/h3-15,18H,16-17H2,1-2H3,(H,26,27)/t18-/m0/s1. The summed E-state index contributed by atoms with van der Waals surface area (Å²) in [5.41, 5.74) is 2.32. The Morgan fingerprint density at radius 2 is 1.48 bits per heavy atom. The third-order valence-electron chi connectivity index (χ3n) is 4.62. The molecule has 1 atom stereocenters. The molecule has 0 unspecified atom stereocenters. The zero-order valence-electron chi connectivity index (χ0n) is 17.5. The molecule has 0 saturated heterocycles. The molecule has 0 heterocycles. The number of rotatable bonds is 9. The molecule has 0 fully saturated rings. The Hall–Kier alpha value is -3.80. The zero-order valence-corrected chi connectivity index (χ0v) is 17.5. The smallest absolute Gasteiger partial charge is 0.338 e. The Kier molecular flexibility index (Phi) is 7.65. The lowest BCUT2D eigenvalue weighted by Crippen LogP contribution is -2.35.